The average molecular weight is 218 g/mol. The topological polar surface area (TPSA) is 9.23 Å². The van der Waals surface area contributed by atoms with Crippen molar-refractivity contribution >= 4 is 0 Å². The lowest BCUT2D eigenvalue weighted by molar-refractivity contribution is 0.357. The maximum Gasteiger partial charge on any atom is 0.122 e. The highest BCUT2D eigenvalue weighted by Crippen LogP contribution is 2.19. The molecular weight excluding hydrogens is 196 g/mol. The maximum atomic E-state index is 5.73. The Balaban J connectivity index is 2.55. The first-order valence-electron chi connectivity index (χ1n) is 5.76. The molecule has 1 heteroatoms. The number of rotatable bonds is 3. The molecule has 0 aliphatic carbocycles. The Morgan fingerprint density at radius 3 is 2.50 bits per heavy atom. The normalized spacial score (nSPS) is 12.1. The van der Waals surface area contributed by atoms with Gasteiger partial charge in [0.1, 0.15) is 12.4 Å². The standard InChI is InChI=1S/C15H22O/c1-12-7-8-13(2)14(11-12)16-10-6-9-15(3,4)5/h6-9,11H,10H2,1-5H3. The van der Waals surface area contributed by atoms with Crippen LogP contribution in [0.2, 0.25) is 0 Å². The zero-order valence-electron chi connectivity index (χ0n) is 11.0. The summed E-state index contributed by atoms with van der Waals surface area (Å²) in [7, 11) is 0. The SMILES string of the molecule is Cc1ccc(C)c(OCC=CC(C)(C)C)c1. The average Bonchev–Trinajstić information content (AvgIpc) is 2.16. The van der Waals surface area contributed by atoms with E-state index in [4.69, 9.17) is 4.74 Å². The van der Waals surface area contributed by atoms with Crippen molar-refractivity contribution in [3.05, 3.63) is 41.5 Å². The monoisotopic (exact) mass is 218 g/mol. The Labute approximate surface area is 99.1 Å². The molecule has 0 saturated carbocycles. The third kappa shape index (κ3) is 4.52. The smallest absolute Gasteiger partial charge is 0.122 e. The maximum absolute atomic E-state index is 5.73. The van der Waals surface area contributed by atoms with Crippen LogP contribution in [0.4, 0.5) is 0 Å². The van der Waals surface area contributed by atoms with Crippen LogP contribution in [0.5, 0.6) is 5.75 Å². The predicted octanol–water partition coefficient (Wildman–Crippen LogP) is 4.28. The van der Waals surface area contributed by atoms with Crippen molar-refractivity contribution in [1.29, 1.82) is 0 Å². The van der Waals surface area contributed by atoms with E-state index in [2.05, 4.69) is 65.0 Å². The molecule has 0 atom stereocenters. The van der Waals surface area contributed by atoms with Gasteiger partial charge >= 0.3 is 0 Å². The molecule has 1 aromatic carbocycles. The summed E-state index contributed by atoms with van der Waals surface area (Å²) < 4.78 is 5.73. The van der Waals surface area contributed by atoms with Crippen LogP contribution in [-0.4, -0.2) is 6.61 Å². The van der Waals surface area contributed by atoms with E-state index in [1.807, 2.05) is 0 Å². The van der Waals surface area contributed by atoms with Gasteiger partial charge in [0.05, 0.1) is 0 Å². The van der Waals surface area contributed by atoms with Gasteiger partial charge in [-0.15, -0.1) is 0 Å². The third-order valence-electron chi connectivity index (χ3n) is 2.30. The van der Waals surface area contributed by atoms with Crippen LogP contribution >= 0.6 is 0 Å². The molecule has 1 aromatic rings. The van der Waals surface area contributed by atoms with E-state index in [1.54, 1.807) is 0 Å². The summed E-state index contributed by atoms with van der Waals surface area (Å²) in [6.45, 7) is 11.3. The molecule has 0 radical (unpaired) electrons. The van der Waals surface area contributed by atoms with Crippen molar-refractivity contribution in [2.75, 3.05) is 6.61 Å². The minimum Gasteiger partial charge on any atom is -0.489 e. The summed E-state index contributed by atoms with van der Waals surface area (Å²) in [6.07, 6.45) is 4.26. The summed E-state index contributed by atoms with van der Waals surface area (Å²) in [5.74, 6) is 0.985. The zero-order valence-corrected chi connectivity index (χ0v) is 11.0. The van der Waals surface area contributed by atoms with Crippen molar-refractivity contribution in [1.82, 2.24) is 0 Å². The van der Waals surface area contributed by atoms with Gasteiger partial charge in [0.25, 0.3) is 0 Å². The molecule has 0 amide bonds. The summed E-state index contributed by atoms with van der Waals surface area (Å²) in [5.41, 5.74) is 2.65. The molecule has 0 aliphatic heterocycles. The molecule has 0 fully saturated rings. The van der Waals surface area contributed by atoms with Gasteiger partial charge in [-0.25, -0.2) is 0 Å². The highest BCUT2D eigenvalue weighted by molar-refractivity contribution is 5.36. The van der Waals surface area contributed by atoms with E-state index < -0.39 is 0 Å². The van der Waals surface area contributed by atoms with E-state index in [0.717, 1.165) is 5.75 Å². The Morgan fingerprint density at radius 1 is 1.19 bits per heavy atom. The second-order valence-electron chi connectivity index (χ2n) is 5.35. The lowest BCUT2D eigenvalue weighted by Gasteiger charge is -2.12. The summed E-state index contributed by atoms with van der Waals surface area (Å²) >= 11 is 0. The molecule has 1 nitrogen and oxygen atoms in total. The van der Waals surface area contributed by atoms with Gasteiger partial charge in [-0.2, -0.15) is 0 Å². The highest BCUT2D eigenvalue weighted by Gasteiger charge is 2.03. The Kier molecular flexibility index (Phi) is 4.17. The molecule has 1 rings (SSSR count). The van der Waals surface area contributed by atoms with Crippen molar-refractivity contribution in [2.24, 2.45) is 5.41 Å². The van der Waals surface area contributed by atoms with Crippen molar-refractivity contribution in [2.45, 2.75) is 34.6 Å². The molecule has 0 aliphatic rings. The van der Waals surface area contributed by atoms with Crippen LogP contribution in [0.25, 0.3) is 0 Å². The summed E-state index contributed by atoms with van der Waals surface area (Å²) in [5, 5.41) is 0. The van der Waals surface area contributed by atoms with Crippen LogP contribution in [0.3, 0.4) is 0 Å². The van der Waals surface area contributed by atoms with Crippen molar-refractivity contribution < 1.29 is 4.74 Å². The van der Waals surface area contributed by atoms with Gasteiger partial charge in [0.2, 0.25) is 0 Å². The number of hydrogen-bond donors (Lipinski definition) is 0. The highest BCUT2D eigenvalue weighted by atomic mass is 16.5. The minimum absolute atomic E-state index is 0.227. The first-order valence-corrected chi connectivity index (χ1v) is 5.76. The Hall–Kier alpha value is -1.24. The number of aryl methyl sites for hydroxylation is 2. The second-order valence-corrected chi connectivity index (χ2v) is 5.35. The van der Waals surface area contributed by atoms with Crippen molar-refractivity contribution in [3.63, 3.8) is 0 Å². The second kappa shape index (κ2) is 5.20. The minimum atomic E-state index is 0.227. The molecule has 0 unspecified atom stereocenters. The van der Waals surface area contributed by atoms with Gasteiger partial charge in [-0.1, -0.05) is 45.1 Å². The summed E-state index contributed by atoms with van der Waals surface area (Å²) in [6, 6.07) is 6.28. The molecule has 88 valence electrons. The quantitative estimate of drug-likeness (QED) is 0.688. The first kappa shape index (κ1) is 12.8. The van der Waals surface area contributed by atoms with Crippen molar-refractivity contribution in [3.8, 4) is 5.75 Å². The number of ether oxygens (including phenoxy) is 1. The Morgan fingerprint density at radius 2 is 1.88 bits per heavy atom. The fourth-order valence-electron chi connectivity index (χ4n) is 1.40. The number of allylic oxidation sites excluding steroid dienone is 1. The molecular formula is C15H22O. The largest absolute Gasteiger partial charge is 0.489 e. The molecule has 0 heterocycles. The fourth-order valence-corrected chi connectivity index (χ4v) is 1.40. The summed E-state index contributed by atoms with van der Waals surface area (Å²) in [4.78, 5) is 0. The van der Waals surface area contributed by atoms with Crippen LogP contribution in [-0.2, 0) is 0 Å². The van der Waals surface area contributed by atoms with Crippen LogP contribution < -0.4 is 4.74 Å². The van der Waals surface area contributed by atoms with E-state index in [0.29, 0.717) is 6.61 Å². The van der Waals surface area contributed by atoms with Gasteiger partial charge in [-0.05, 0) is 36.5 Å². The van der Waals surface area contributed by atoms with E-state index in [1.165, 1.54) is 11.1 Å². The van der Waals surface area contributed by atoms with Crippen LogP contribution in [0.1, 0.15) is 31.9 Å². The lowest BCUT2D eigenvalue weighted by atomic mass is 9.96. The van der Waals surface area contributed by atoms with Gasteiger partial charge in [0.15, 0.2) is 0 Å². The van der Waals surface area contributed by atoms with Gasteiger partial charge < -0.3 is 4.74 Å². The molecule has 0 spiro atoms. The van der Waals surface area contributed by atoms with Crippen LogP contribution in [0.15, 0.2) is 30.4 Å². The molecule has 0 bridgehead atoms. The Bertz CT molecular complexity index is 370. The van der Waals surface area contributed by atoms with E-state index in [9.17, 15) is 0 Å². The molecule has 0 N–H and O–H groups in total. The molecule has 0 saturated heterocycles. The first-order chi connectivity index (χ1) is 7.38. The molecule has 16 heavy (non-hydrogen) atoms. The lowest BCUT2D eigenvalue weighted by Crippen LogP contribution is -2.01. The third-order valence-corrected chi connectivity index (χ3v) is 2.30. The van der Waals surface area contributed by atoms with Gasteiger partial charge in [0, 0.05) is 0 Å². The van der Waals surface area contributed by atoms with Gasteiger partial charge in [-0.3, -0.25) is 0 Å². The van der Waals surface area contributed by atoms with Crippen LogP contribution in [0, 0.1) is 19.3 Å². The number of hydrogen-bond acceptors (Lipinski definition) is 1. The van der Waals surface area contributed by atoms with E-state index in [-0.39, 0.29) is 5.41 Å². The molecule has 0 aromatic heterocycles. The predicted molar refractivity (Wildman–Crippen MR) is 70.0 cm³/mol. The van der Waals surface area contributed by atoms with E-state index >= 15 is 0 Å². The fraction of sp³-hybridized carbons (Fsp3) is 0.467. The number of benzene rings is 1. The zero-order chi connectivity index (χ0) is 12.2.